The first-order chi connectivity index (χ1) is 15.6. The van der Waals surface area contributed by atoms with Crippen molar-refractivity contribution in [2.45, 2.75) is 32.4 Å². The number of nitrogens with zero attached hydrogens (tertiary/aromatic N) is 5. The molecule has 1 aliphatic rings. The second-order valence-electron chi connectivity index (χ2n) is 8.17. The largest absolute Gasteiger partial charge is 0.496 e. The normalized spacial score (nSPS) is 16.0. The molecule has 0 N–H and O–H groups in total. The van der Waals surface area contributed by atoms with Gasteiger partial charge in [-0.3, -0.25) is 4.79 Å². The number of hydrogen-bond acceptors (Lipinski definition) is 6. The van der Waals surface area contributed by atoms with E-state index in [0.29, 0.717) is 30.0 Å². The fraction of sp³-hybridized carbons (Fsp3) is 0.333. The van der Waals surface area contributed by atoms with E-state index in [9.17, 15) is 4.79 Å². The highest BCUT2D eigenvalue weighted by Gasteiger charge is 2.26. The quantitative estimate of drug-likeness (QED) is 0.465. The van der Waals surface area contributed by atoms with Crippen molar-refractivity contribution in [1.82, 2.24) is 24.9 Å². The summed E-state index contributed by atoms with van der Waals surface area (Å²) in [7, 11) is 1.58. The van der Waals surface area contributed by atoms with Crippen molar-refractivity contribution in [3.8, 4) is 5.75 Å². The van der Waals surface area contributed by atoms with Gasteiger partial charge in [0.05, 0.1) is 24.3 Å². The molecule has 1 amide bonds. The molecule has 0 aliphatic carbocycles. The lowest BCUT2D eigenvalue weighted by Crippen LogP contribution is -2.37. The van der Waals surface area contributed by atoms with E-state index in [4.69, 9.17) is 9.47 Å². The predicted octanol–water partition coefficient (Wildman–Crippen LogP) is 3.42. The number of carbonyl (C=O) groups is 1. The number of amides is 1. The van der Waals surface area contributed by atoms with Gasteiger partial charge in [-0.2, -0.15) is 4.52 Å². The lowest BCUT2D eigenvalue weighted by molar-refractivity contribution is 0.0505. The second-order valence-corrected chi connectivity index (χ2v) is 8.17. The van der Waals surface area contributed by atoms with Crippen LogP contribution in [0.25, 0.3) is 16.6 Å². The van der Waals surface area contributed by atoms with Gasteiger partial charge in [0.25, 0.3) is 5.91 Å². The number of rotatable bonds is 6. The molecule has 1 unspecified atom stereocenters. The Morgan fingerprint density at radius 3 is 2.94 bits per heavy atom. The molecule has 1 atom stereocenters. The molecule has 1 aliphatic heterocycles. The topological polar surface area (TPSA) is 81.9 Å². The van der Waals surface area contributed by atoms with Gasteiger partial charge in [0.2, 0.25) is 0 Å². The van der Waals surface area contributed by atoms with Crippen LogP contribution in [0.3, 0.4) is 0 Å². The van der Waals surface area contributed by atoms with Gasteiger partial charge in [-0.15, -0.1) is 5.10 Å². The minimum Gasteiger partial charge on any atom is -0.496 e. The summed E-state index contributed by atoms with van der Waals surface area (Å²) in [6.07, 6.45) is 1.96. The maximum atomic E-state index is 13.6. The Kier molecular flexibility index (Phi) is 5.45. The highest BCUT2D eigenvalue weighted by Crippen LogP contribution is 2.25. The van der Waals surface area contributed by atoms with Gasteiger partial charge in [0.1, 0.15) is 5.75 Å². The molecular weight excluding hydrogens is 406 g/mol. The average molecular weight is 431 g/mol. The Balaban J connectivity index is 1.56. The SMILES string of the molecule is COc1ccccc1C(=O)N(Cc1cc2cc(C)ccc2n2nnnc12)CC1CCCO1. The summed E-state index contributed by atoms with van der Waals surface area (Å²) in [6.45, 7) is 3.65. The maximum Gasteiger partial charge on any atom is 0.258 e. The molecule has 0 bridgehead atoms. The second kappa shape index (κ2) is 8.55. The van der Waals surface area contributed by atoms with Crippen LogP contribution in [0.5, 0.6) is 5.75 Å². The minimum atomic E-state index is -0.104. The van der Waals surface area contributed by atoms with Crippen LogP contribution < -0.4 is 4.74 Å². The van der Waals surface area contributed by atoms with E-state index in [1.54, 1.807) is 23.8 Å². The third-order valence-corrected chi connectivity index (χ3v) is 5.93. The molecule has 1 fully saturated rings. The van der Waals surface area contributed by atoms with Gasteiger partial charge in [-0.1, -0.05) is 23.8 Å². The van der Waals surface area contributed by atoms with Crippen molar-refractivity contribution in [2.24, 2.45) is 0 Å². The van der Waals surface area contributed by atoms with Crippen LogP contribution in [0.4, 0.5) is 0 Å². The number of benzene rings is 2. The molecule has 2 aromatic heterocycles. The summed E-state index contributed by atoms with van der Waals surface area (Å²) in [5.41, 5.74) is 4.14. The molecule has 4 aromatic rings. The van der Waals surface area contributed by atoms with Gasteiger partial charge >= 0.3 is 0 Å². The van der Waals surface area contributed by atoms with Crippen LogP contribution >= 0.6 is 0 Å². The monoisotopic (exact) mass is 431 g/mol. The summed E-state index contributed by atoms with van der Waals surface area (Å²) in [5.74, 6) is 0.450. The van der Waals surface area contributed by atoms with Crippen molar-refractivity contribution in [2.75, 3.05) is 20.3 Å². The number of tetrazole rings is 1. The van der Waals surface area contributed by atoms with Crippen LogP contribution in [-0.2, 0) is 11.3 Å². The first-order valence-electron chi connectivity index (χ1n) is 10.8. The summed E-state index contributed by atoms with van der Waals surface area (Å²) in [5, 5.41) is 13.4. The van der Waals surface area contributed by atoms with Crippen LogP contribution in [0, 0.1) is 6.92 Å². The minimum absolute atomic E-state index is 0.0170. The number of methoxy groups -OCH3 is 1. The number of ether oxygens (including phenoxy) is 2. The van der Waals surface area contributed by atoms with Gasteiger partial charge in [0, 0.05) is 30.6 Å². The number of pyridine rings is 1. The molecule has 32 heavy (non-hydrogen) atoms. The first kappa shape index (κ1) is 20.4. The summed E-state index contributed by atoms with van der Waals surface area (Å²) < 4.78 is 13.0. The van der Waals surface area contributed by atoms with E-state index in [0.717, 1.165) is 41.5 Å². The van der Waals surface area contributed by atoms with E-state index in [-0.39, 0.29) is 12.0 Å². The summed E-state index contributed by atoms with van der Waals surface area (Å²) >= 11 is 0. The Hall–Kier alpha value is -3.52. The van der Waals surface area contributed by atoms with Crippen LogP contribution in [0.1, 0.15) is 34.3 Å². The molecule has 8 heteroatoms. The van der Waals surface area contributed by atoms with Gasteiger partial charge < -0.3 is 14.4 Å². The molecule has 5 rings (SSSR count). The molecule has 0 spiro atoms. The van der Waals surface area contributed by atoms with Gasteiger partial charge in [-0.05, 0) is 60.5 Å². The third-order valence-electron chi connectivity index (χ3n) is 5.93. The van der Waals surface area contributed by atoms with Crippen molar-refractivity contribution >= 4 is 22.5 Å². The van der Waals surface area contributed by atoms with Crippen molar-refractivity contribution in [3.63, 3.8) is 0 Å². The van der Waals surface area contributed by atoms with Crippen molar-refractivity contribution in [3.05, 3.63) is 65.2 Å². The molecule has 0 radical (unpaired) electrons. The molecule has 0 saturated carbocycles. The molecule has 3 heterocycles. The van der Waals surface area contributed by atoms with E-state index in [1.165, 1.54) is 0 Å². The van der Waals surface area contributed by atoms with Crippen LogP contribution in [0.15, 0.2) is 48.5 Å². The van der Waals surface area contributed by atoms with Gasteiger partial charge in [0.15, 0.2) is 5.65 Å². The standard InChI is InChI=1S/C24H25N5O3/c1-16-9-10-21-17(12-16)13-18(23-25-26-27-29(21)23)14-28(15-19-6-5-11-32-19)24(30)20-7-3-4-8-22(20)31-2/h3-4,7-10,12-13,19H,5-6,11,14-15H2,1-2H3. The maximum absolute atomic E-state index is 13.6. The number of para-hydroxylation sites is 1. The third kappa shape index (κ3) is 3.78. The Morgan fingerprint density at radius 1 is 1.25 bits per heavy atom. The van der Waals surface area contributed by atoms with Crippen molar-refractivity contribution in [1.29, 1.82) is 0 Å². The highest BCUT2D eigenvalue weighted by molar-refractivity contribution is 5.97. The number of carbonyl (C=O) groups excluding carboxylic acids is 1. The molecular formula is C24H25N5O3. The smallest absolute Gasteiger partial charge is 0.258 e. The average Bonchev–Trinajstić information content (AvgIpc) is 3.50. The van der Waals surface area contributed by atoms with E-state index in [1.807, 2.05) is 29.2 Å². The number of aryl methyl sites for hydroxylation is 1. The Bertz CT molecular complexity index is 1280. The zero-order chi connectivity index (χ0) is 22.1. The fourth-order valence-corrected chi connectivity index (χ4v) is 4.35. The zero-order valence-corrected chi connectivity index (χ0v) is 18.2. The Labute approximate surface area is 185 Å². The van der Waals surface area contributed by atoms with Crippen molar-refractivity contribution < 1.29 is 14.3 Å². The van der Waals surface area contributed by atoms with Crippen LogP contribution in [-0.4, -0.2) is 57.2 Å². The van der Waals surface area contributed by atoms with Crippen LogP contribution in [0.2, 0.25) is 0 Å². The number of hydrogen-bond donors (Lipinski definition) is 0. The fourth-order valence-electron chi connectivity index (χ4n) is 4.35. The van der Waals surface area contributed by atoms with E-state index in [2.05, 4.69) is 34.6 Å². The highest BCUT2D eigenvalue weighted by atomic mass is 16.5. The molecule has 8 nitrogen and oxygen atoms in total. The number of aromatic nitrogens is 4. The zero-order valence-electron chi connectivity index (χ0n) is 18.2. The summed E-state index contributed by atoms with van der Waals surface area (Å²) in [6, 6.07) is 15.5. The number of fused-ring (bicyclic) bond motifs is 3. The first-order valence-corrected chi connectivity index (χ1v) is 10.8. The Morgan fingerprint density at radius 2 is 2.12 bits per heavy atom. The molecule has 2 aromatic carbocycles. The van der Waals surface area contributed by atoms with Gasteiger partial charge in [-0.25, -0.2) is 0 Å². The van der Waals surface area contributed by atoms with E-state index < -0.39 is 0 Å². The molecule has 1 saturated heterocycles. The lowest BCUT2D eigenvalue weighted by atomic mass is 10.1. The van der Waals surface area contributed by atoms with E-state index >= 15 is 0 Å². The lowest BCUT2D eigenvalue weighted by Gasteiger charge is -2.26. The summed E-state index contributed by atoms with van der Waals surface area (Å²) in [4.78, 5) is 15.5. The predicted molar refractivity (Wildman–Crippen MR) is 120 cm³/mol. The molecule has 164 valence electrons.